The SMILES string of the molecule is CN(C)C(=O)CC1(N)COC1.O=C(O)c1ccc(N2CC(F)(F)C2)c(OCC2CC2)n1. The van der Waals surface area contributed by atoms with Crippen molar-refractivity contribution in [3.63, 3.8) is 0 Å². The predicted octanol–water partition coefficient (Wildman–Crippen LogP) is 1.22. The lowest BCUT2D eigenvalue weighted by Crippen LogP contribution is -2.59. The molecule has 1 amide bonds. The minimum Gasteiger partial charge on any atom is -0.477 e. The van der Waals surface area contributed by atoms with Crippen LogP contribution in [0.1, 0.15) is 29.8 Å². The van der Waals surface area contributed by atoms with Crippen LogP contribution in [0.15, 0.2) is 12.1 Å². The van der Waals surface area contributed by atoms with Gasteiger partial charge in [0.05, 0.1) is 38.4 Å². The van der Waals surface area contributed by atoms with E-state index in [0.29, 0.717) is 37.8 Å². The van der Waals surface area contributed by atoms with E-state index >= 15 is 0 Å². The van der Waals surface area contributed by atoms with Gasteiger partial charge in [-0.2, -0.15) is 0 Å². The smallest absolute Gasteiger partial charge is 0.354 e. The lowest BCUT2D eigenvalue weighted by molar-refractivity contribution is -0.135. The Hall–Kier alpha value is -2.53. The van der Waals surface area contributed by atoms with Crippen molar-refractivity contribution in [2.24, 2.45) is 11.7 Å². The van der Waals surface area contributed by atoms with E-state index in [9.17, 15) is 18.4 Å². The third-order valence-electron chi connectivity index (χ3n) is 5.18. The Morgan fingerprint density at radius 2 is 1.97 bits per heavy atom. The number of alkyl halides is 2. The highest BCUT2D eigenvalue weighted by molar-refractivity contribution is 5.86. The first-order chi connectivity index (χ1) is 14.5. The molecule has 3 N–H and O–H groups in total. The number of pyridine rings is 1. The molecule has 0 spiro atoms. The van der Waals surface area contributed by atoms with Gasteiger partial charge in [0.15, 0.2) is 5.69 Å². The number of halogens is 2. The summed E-state index contributed by atoms with van der Waals surface area (Å²) < 4.78 is 36.3. The first-order valence-electron chi connectivity index (χ1n) is 10.0. The molecule has 2 aliphatic heterocycles. The van der Waals surface area contributed by atoms with Gasteiger partial charge in [0.25, 0.3) is 5.92 Å². The number of amides is 1. The van der Waals surface area contributed by atoms with Crippen LogP contribution in [0.3, 0.4) is 0 Å². The molecular formula is C20H28F2N4O5. The molecule has 0 atom stereocenters. The van der Waals surface area contributed by atoms with E-state index in [1.54, 1.807) is 19.0 Å². The first kappa shape index (κ1) is 23.1. The molecule has 2 saturated heterocycles. The number of nitrogens with two attached hydrogens (primary N) is 1. The zero-order valence-corrected chi connectivity index (χ0v) is 17.6. The molecule has 172 valence electrons. The van der Waals surface area contributed by atoms with Crippen molar-refractivity contribution in [2.45, 2.75) is 30.7 Å². The van der Waals surface area contributed by atoms with Crippen molar-refractivity contribution >= 4 is 17.6 Å². The molecule has 11 heteroatoms. The number of nitrogens with zero attached hydrogens (tertiary/aromatic N) is 3. The second kappa shape index (κ2) is 8.91. The van der Waals surface area contributed by atoms with Crippen molar-refractivity contribution in [1.82, 2.24) is 9.88 Å². The number of ether oxygens (including phenoxy) is 2. The number of aromatic carboxylic acids is 1. The number of carbonyl (C=O) groups is 2. The van der Waals surface area contributed by atoms with Crippen LogP contribution < -0.4 is 15.4 Å². The fraction of sp³-hybridized carbons (Fsp3) is 0.650. The van der Waals surface area contributed by atoms with Crippen LogP contribution in [0.25, 0.3) is 0 Å². The number of carbonyl (C=O) groups excluding carboxylic acids is 1. The van der Waals surface area contributed by atoms with Gasteiger partial charge in [-0.25, -0.2) is 18.6 Å². The normalized spacial score (nSPS) is 20.5. The Balaban J connectivity index is 0.000000210. The van der Waals surface area contributed by atoms with E-state index in [-0.39, 0.29) is 36.1 Å². The molecule has 1 aliphatic carbocycles. The molecule has 3 heterocycles. The summed E-state index contributed by atoms with van der Waals surface area (Å²) in [6.07, 6.45) is 2.55. The minimum atomic E-state index is -2.70. The number of hydrogen-bond acceptors (Lipinski definition) is 7. The van der Waals surface area contributed by atoms with Gasteiger partial charge < -0.3 is 30.1 Å². The average molecular weight is 442 g/mol. The third kappa shape index (κ3) is 6.23. The molecule has 0 unspecified atom stereocenters. The van der Waals surface area contributed by atoms with Crippen LogP contribution in [0.5, 0.6) is 5.88 Å². The second-order valence-electron chi connectivity index (χ2n) is 8.61. The van der Waals surface area contributed by atoms with Crippen molar-refractivity contribution in [3.05, 3.63) is 17.8 Å². The lowest BCUT2D eigenvalue weighted by atomic mass is 9.94. The fourth-order valence-electron chi connectivity index (χ4n) is 2.99. The number of rotatable bonds is 7. The quantitative estimate of drug-likeness (QED) is 0.647. The minimum absolute atomic E-state index is 0.0656. The number of anilines is 1. The van der Waals surface area contributed by atoms with Gasteiger partial charge in [0.1, 0.15) is 5.69 Å². The Bertz CT molecular complexity index is 820. The molecule has 3 aliphatic rings. The van der Waals surface area contributed by atoms with Gasteiger partial charge in [-0.05, 0) is 30.9 Å². The summed E-state index contributed by atoms with van der Waals surface area (Å²) in [5, 5.41) is 8.93. The van der Waals surface area contributed by atoms with Crippen LogP contribution in [0, 0.1) is 5.92 Å². The van der Waals surface area contributed by atoms with E-state index < -0.39 is 11.9 Å². The monoisotopic (exact) mass is 442 g/mol. The van der Waals surface area contributed by atoms with Gasteiger partial charge in [0, 0.05) is 20.5 Å². The van der Waals surface area contributed by atoms with Gasteiger partial charge in [-0.15, -0.1) is 0 Å². The molecule has 9 nitrogen and oxygen atoms in total. The Morgan fingerprint density at radius 3 is 2.42 bits per heavy atom. The highest BCUT2D eigenvalue weighted by Gasteiger charge is 2.45. The average Bonchev–Trinajstić information content (AvgIpc) is 3.47. The molecular weight excluding hydrogens is 414 g/mol. The van der Waals surface area contributed by atoms with Crippen molar-refractivity contribution in [1.29, 1.82) is 0 Å². The van der Waals surface area contributed by atoms with Crippen LogP contribution in [-0.4, -0.2) is 85.3 Å². The van der Waals surface area contributed by atoms with Crippen LogP contribution >= 0.6 is 0 Å². The molecule has 1 aromatic rings. The topological polar surface area (TPSA) is 118 Å². The molecule has 0 aromatic carbocycles. The fourth-order valence-corrected chi connectivity index (χ4v) is 2.99. The maximum absolute atomic E-state index is 12.9. The molecule has 4 rings (SSSR count). The van der Waals surface area contributed by atoms with Gasteiger partial charge >= 0.3 is 5.97 Å². The highest BCUT2D eigenvalue weighted by atomic mass is 19.3. The summed E-state index contributed by atoms with van der Waals surface area (Å²) in [6.45, 7) is 0.689. The zero-order chi connectivity index (χ0) is 22.8. The molecule has 1 aromatic heterocycles. The molecule has 31 heavy (non-hydrogen) atoms. The Labute approximate surface area is 179 Å². The van der Waals surface area contributed by atoms with Crippen LogP contribution in [0.2, 0.25) is 0 Å². The zero-order valence-electron chi connectivity index (χ0n) is 17.6. The predicted molar refractivity (Wildman–Crippen MR) is 108 cm³/mol. The van der Waals surface area contributed by atoms with E-state index in [0.717, 1.165) is 12.8 Å². The number of carboxylic acids is 1. The Morgan fingerprint density at radius 1 is 1.32 bits per heavy atom. The maximum atomic E-state index is 12.9. The third-order valence-corrected chi connectivity index (χ3v) is 5.18. The second-order valence-corrected chi connectivity index (χ2v) is 8.61. The maximum Gasteiger partial charge on any atom is 0.354 e. The first-order valence-corrected chi connectivity index (χ1v) is 10.0. The largest absolute Gasteiger partial charge is 0.477 e. The summed E-state index contributed by atoms with van der Waals surface area (Å²) in [7, 11) is 3.45. The van der Waals surface area contributed by atoms with Crippen molar-refractivity contribution in [3.8, 4) is 5.88 Å². The van der Waals surface area contributed by atoms with Crippen LogP contribution in [-0.2, 0) is 9.53 Å². The van der Waals surface area contributed by atoms with Gasteiger partial charge in [-0.3, -0.25) is 4.79 Å². The Kier molecular flexibility index (Phi) is 6.65. The number of hydrogen-bond donors (Lipinski definition) is 2. The van der Waals surface area contributed by atoms with Crippen LogP contribution in [0.4, 0.5) is 14.5 Å². The molecule has 0 bridgehead atoms. The van der Waals surface area contributed by atoms with Crippen molar-refractivity contribution < 1.29 is 33.0 Å². The standard InChI is InChI=1S/C13H14F2N2O3.C7H14N2O2/c14-13(15)6-17(7-13)10-4-3-9(12(18)19)16-11(10)20-5-8-1-2-8;1-9(2)6(10)3-7(8)4-11-5-7/h3-4,8H,1-2,5-7H2,(H,18,19);3-5,8H2,1-2H3. The number of aromatic nitrogens is 1. The van der Waals surface area contributed by atoms with Gasteiger partial charge in [-0.1, -0.05) is 0 Å². The van der Waals surface area contributed by atoms with E-state index in [4.69, 9.17) is 20.3 Å². The lowest BCUT2D eigenvalue weighted by Gasteiger charge is -2.40. The number of carboxylic acid groups (broad SMARTS) is 1. The molecule has 0 radical (unpaired) electrons. The van der Waals surface area contributed by atoms with E-state index in [1.807, 2.05) is 0 Å². The van der Waals surface area contributed by atoms with Gasteiger partial charge in [0.2, 0.25) is 11.8 Å². The summed E-state index contributed by atoms with van der Waals surface area (Å²) >= 11 is 0. The van der Waals surface area contributed by atoms with E-state index in [2.05, 4.69) is 4.98 Å². The highest BCUT2D eigenvalue weighted by Crippen LogP contribution is 2.37. The summed E-state index contributed by atoms with van der Waals surface area (Å²) in [5.74, 6) is -3.19. The van der Waals surface area contributed by atoms with E-state index in [1.165, 1.54) is 17.0 Å². The molecule has 1 saturated carbocycles. The van der Waals surface area contributed by atoms with Crippen molar-refractivity contribution in [2.75, 3.05) is 51.9 Å². The molecule has 3 fully saturated rings. The summed E-state index contributed by atoms with van der Waals surface area (Å²) in [4.78, 5) is 29.0. The summed E-state index contributed by atoms with van der Waals surface area (Å²) in [6, 6.07) is 2.78. The summed E-state index contributed by atoms with van der Waals surface area (Å²) in [5.41, 5.74) is 5.67.